The smallest absolute Gasteiger partial charge is 0.494 e. The van der Waals surface area contributed by atoms with Gasteiger partial charge in [-0.25, -0.2) is 4.99 Å². The summed E-state index contributed by atoms with van der Waals surface area (Å²) in [4.78, 5) is 4.66. The summed E-state index contributed by atoms with van der Waals surface area (Å²) in [6.07, 6.45) is -4.77. The van der Waals surface area contributed by atoms with Crippen LogP contribution in [0.3, 0.4) is 0 Å². The van der Waals surface area contributed by atoms with Crippen molar-refractivity contribution in [3.8, 4) is 11.5 Å². The van der Waals surface area contributed by atoms with Gasteiger partial charge in [0.2, 0.25) is 0 Å². The van der Waals surface area contributed by atoms with Crippen LogP contribution in [-0.4, -0.2) is 19.2 Å². The van der Waals surface area contributed by atoms with Crippen LogP contribution in [0.15, 0.2) is 83.9 Å². The largest absolute Gasteiger partial charge is 0.573 e. The van der Waals surface area contributed by atoms with E-state index in [9.17, 15) is 13.2 Å². The molecule has 0 atom stereocenters. The summed E-state index contributed by atoms with van der Waals surface area (Å²) in [5, 5.41) is 0. The third kappa shape index (κ3) is 4.88. The second kappa shape index (κ2) is 7.95. The van der Waals surface area contributed by atoms with E-state index in [2.05, 4.69) is 9.73 Å². The first-order valence-electron chi connectivity index (χ1n) is 8.09. The number of hydrogen-bond donors (Lipinski definition) is 0. The third-order valence-electron chi connectivity index (χ3n) is 3.71. The number of alkyl halides is 3. The summed E-state index contributed by atoms with van der Waals surface area (Å²) < 4.78 is 46.5. The number of halogens is 3. The Labute approximate surface area is 154 Å². The molecule has 0 aliphatic rings. The van der Waals surface area contributed by atoms with E-state index in [4.69, 9.17) is 4.74 Å². The highest BCUT2D eigenvalue weighted by atomic mass is 19.4. The van der Waals surface area contributed by atoms with Crippen molar-refractivity contribution < 1.29 is 22.6 Å². The molecular weight excluding hydrogens is 355 g/mol. The van der Waals surface area contributed by atoms with E-state index in [0.29, 0.717) is 11.4 Å². The van der Waals surface area contributed by atoms with Crippen molar-refractivity contribution >= 4 is 11.4 Å². The first-order valence-corrected chi connectivity index (χ1v) is 8.09. The van der Waals surface area contributed by atoms with E-state index in [-0.39, 0.29) is 11.5 Å². The Morgan fingerprint density at radius 1 is 0.815 bits per heavy atom. The summed E-state index contributed by atoms with van der Waals surface area (Å²) in [7, 11) is 1.37. The van der Waals surface area contributed by atoms with E-state index in [1.165, 1.54) is 25.3 Å². The molecule has 6 heteroatoms. The first-order chi connectivity index (χ1) is 13.0. The molecule has 0 fully saturated rings. The predicted molar refractivity (Wildman–Crippen MR) is 97.9 cm³/mol. The van der Waals surface area contributed by atoms with Crippen LogP contribution in [0.25, 0.3) is 0 Å². The van der Waals surface area contributed by atoms with Gasteiger partial charge in [0.1, 0.15) is 17.2 Å². The molecule has 0 aliphatic heterocycles. The van der Waals surface area contributed by atoms with Crippen LogP contribution in [0.4, 0.5) is 18.9 Å². The Hall–Kier alpha value is -3.28. The monoisotopic (exact) mass is 371 g/mol. The molecule has 0 spiro atoms. The van der Waals surface area contributed by atoms with Gasteiger partial charge in [0.05, 0.1) is 12.8 Å². The van der Waals surface area contributed by atoms with Gasteiger partial charge in [-0.2, -0.15) is 0 Å². The normalized spacial score (nSPS) is 11.0. The zero-order valence-electron chi connectivity index (χ0n) is 14.4. The fourth-order valence-corrected chi connectivity index (χ4v) is 2.56. The van der Waals surface area contributed by atoms with Crippen LogP contribution in [0.5, 0.6) is 11.5 Å². The van der Waals surface area contributed by atoms with Crippen LogP contribution >= 0.6 is 0 Å². The quantitative estimate of drug-likeness (QED) is 0.534. The summed E-state index contributed by atoms with van der Waals surface area (Å²) in [5.41, 5.74) is 2.83. The zero-order chi connectivity index (χ0) is 19.3. The number of ether oxygens (including phenoxy) is 2. The fraction of sp³-hybridized carbons (Fsp3) is 0.0952. The van der Waals surface area contributed by atoms with Crippen molar-refractivity contribution in [2.24, 2.45) is 4.99 Å². The number of rotatable bonds is 5. The molecule has 27 heavy (non-hydrogen) atoms. The number of hydrogen-bond acceptors (Lipinski definition) is 3. The Morgan fingerprint density at radius 3 is 1.85 bits per heavy atom. The Morgan fingerprint density at radius 2 is 1.37 bits per heavy atom. The van der Waals surface area contributed by atoms with Crippen LogP contribution in [0.2, 0.25) is 0 Å². The van der Waals surface area contributed by atoms with Gasteiger partial charge in [-0.1, -0.05) is 60.7 Å². The lowest BCUT2D eigenvalue weighted by molar-refractivity contribution is -0.274. The fourth-order valence-electron chi connectivity index (χ4n) is 2.56. The minimum Gasteiger partial charge on any atom is -0.494 e. The summed E-state index contributed by atoms with van der Waals surface area (Å²) in [5.74, 6) is -0.180. The van der Waals surface area contributed by atoms with Crippen LogP contribution in [0, 0.1) is 0 Å². The molecule has 0 bridgehead atoms. The number of aliphatic imine (C=N–C) groups is 1. The Bertz CT molecular complexity index is 882. The SMILES string of the molecule is COc1cc(OC(F)(F)F)ccc1N=C(c1ccccc1)c1ccccc1. The van der Waals surface area contributed by atoms with E-state index >= 15 is 0 Å². The maximum atomic E-state index is 12.4. The molecule has 138 valence electrons. The molecule has 0 radical (unpaired) electrons. The maximum Gasteiger partial charge on any atom is 0.573 e. The van der Waals surface area contributed by atoms with Gasteiger partial charge in [0, 0.05) is 17.2 Å². The van der Waals surface area contributed by atoms with Gasteiger partial charge >= 0.3 is 6.36 Å². The highest BCUT2D eigenvalue weighted by molar-refractivity contribution is 6.14. The molecule has 0 saturated heterocycles. The predicted octanol–water partition coefficient (Wildman–Crippen LogP) is 5.76. The lowest BCUT2D eigenvalue weighted by Crippen LogP contribution is -2.17. The molecule has 0 saturated carbocycles. The van der Waals surface area contributed by atoms with Crippen molar-refractivity contribution in [2.45, 2.75) is 6.36 Å². The zero-order valence-corrected chi connectivity index (χ0v) is 14.4. The van der Waals surface area contributed by atoms with Gasteiger partial charge in [-0.05, 0) is 12.1 Å². The molecule has 3 aromatic rings. The minimum absolute atomic E-state index is 0.182. The Kier molecular flexibility index (Phi) is 5.45. The first kappa shape index (κ1) is 18.5. The molecule has 3 nitrogen and oxygen atoms in total. The van der Waals surface area contributed by atoms with Crippen LogP contribution < -0.4 is 9.47 Å². The minimum atomic E-state index is -4.77. The lowest BCUT2D eigenvalue weighted by atomic mass is 10.0. The van der Waals surface area contributed by atoms with Gasteiger partial charge in [-0.3, -0.25) is 0 Å². The summed E-state index contributed by atoms with van der Waals surface area (Å²) >= 11 is 0. The molecule has 3 aromatic carbocycles. The van der Waals surface area contributed by atoms with E-state index in [1.807, 2.05) is 60.7 Å². The van der Waals surface area contributed by atoms with E-state index in [0.717, 1.165) is 11.1 Å². The van der Waals surface area contributed by atoms with Crippen molar-refractivity contribution in [3.63, 3.8) is 0 Å². The van der Waals surface area contributed by atoms with Crippen LogP contribution in [0.1, 0.15) is 11.1 Å². The van der Waals surface area contributed by atoms with Crippen molar-refractivity contribution in [2.75, 3.05) is 7.11 Å². The standard InChI is InChI=1S/C21H16F3NO2/c1-26-19-14-17(27-21(22,23)24)12-13-18(19)25-20(15-8-4-2-5-9-15)16-10-6-3-7-11-16/h2-14H,1H3. The number of methoxy groups -OCH3 is 1. The molecule has 0 aliphatic carbocycles. The van der Waals surface area contributed by atoms with Gasteiger partial charge in [0.25, 0.3) is 0 Å². The second-order valence-corrected chi connectivity index (χ2v) is 5.57. The topological polar surface area (TPSA) is 30.8 Å². The summed E-state index contributed by atoms with van der Waals surface area (Å²) in [6.45, 7) is 0. The third-order valence-corrected chi connectivity index (χ3v) is 3.71. The maximum absolute atomic E-state index is 12.4. The highest BCUT2D eigenvalue weighted by Crippen LogP contribution is 2.34. The van der Waals surface area contributed by atoms with Crippen LogP contribution in [-0.2, 0) is 0 Å². The van der Waals surface area contributed by atoms with Crippen molar-refractivity contribution in [1.82, 2.24) is 0 Å². The van der Waals surface area contributed by atoms with Gasteiger partial charge < -0.3 is 9.47 Å². The average Bonchev–Trinajstić information content (AvgIpc) is 2.67. The van der Waals surface area contributed by atoms with Gasteiger partial charge in [-0.15, -0.1) is 13.2 Å². The summed E-state index contributed by atoms with van der Waals surface area (Å²) in [6, 6.07) is 22.9. The van der Waals surface area contributed by atoms with E-state index < -0.39 is 6.36 Å². The van der Waals surface area contributed by atoms with E-state index in [1.54, 1.807) is 0 Å². The molecule has 0 aromatic heterocycles. The van der Waals surface area contributed by atoms with Crippen molar-refractivity contribution in [3.05, 3.63) is 90.0 Å². The molecule has 0 heterocycles. The molecule has 0 N–H and O–H groups in total. The number of nitrogens with zero attached hydrogens (tertiary/aromatic N) is 1. The number of benzene rings is 3. The molecular formula is C21H16F3NO2. The van der Waals surface area contributed by atoms with Crippen molar-refractivity contribution in [1.29, 1.82) is 0 Å². The highest BCUT2D eigenvalue weighted by Gasteiger charge is 2.31. The molecule has 3 rings (SSSR count). The Balaban J connectivity index is 2.07. The van der Waals surface area contributed by atoms with Gasteiger partial charge in [0.15, 0.2) is 0 Å². The lowest BCUT2D eigenvalue weighted by Gasteiger charge is -2.13. The molecule has 0 unspecified atom stereocenters. The average molecular weight is 371 g/mol. The second-order valence-electron chi connectivity index (χ2n) is 5.57. The molecule has 0 amide bonds.